The van der Waals surface area contributed by atoms with Crippen LogP contribution in [0.2, 0.25) is 0 Å². The van der Waals surface area contributed by atoms with Crippen molar-refractivity contribution in [3.05, 3.63) is 0 Å². The van der Waals surface area contributed by atoms with E-state index in [0.717, 1.165) is 25.7 Å². The highest BCUT2D eigenvalue weighted by Crippen LogP contribution is 2.39. The molecule has 2 fully saturated rings. The SMILES string of the molecule is CC(N)C1CN(C2CCCCC2(C)C)CCO1. The lowest BCUT2D eigenvalue weighted by Crippen LogP contribution is -2.56. The van der Waals surface area contributed by atoms with Crippen molar-refractivity contribution < 1.29 is 4.74 Å². The molecule has 1 saturated carbocycles. The number of nitrogens with two attached hydrogens (primary N) is 1. The molecule has 100 valence electrons. The van der Waals surface area contributed by atoms with Crippen LogP contribution in [0.1, 0.15) is 46.5 Å². The molecule has 0 aromatic heterocycles. The molecule has 3 atom stereocenters. The lowest BCUT2D eigenvalue weighted by atomic mass is 9.72. The van der Waals surface area contributed by atoms with Crippen molar-refractivity contribution in [2.24, 2.45) is 11.1 Å². The molecule has 0 aromatic rings. The Bertz CT molecular complexity index is 253. The Kier molecular flexibility index (Phi) is 4.11. The van der Waals surface area contributed by atoms with Crippen molar-refractivity contribution >= 4 is 0 Å². The van der Waals surface area contributed by atoms with Crippen LogP contribution in [0.25, 0.3) is 0 Å². The third-order valence-corrected chi connectivity index (χ3v) is 4.60. The Balaban J connectivity index is 2.00. The molecule has 3 unspecified atom stereocenters. The molecular weight excluding hydrogens is 212 g/mol. The summed E-state index contributed by atoms with van der Waals surface area (Å²) in [5.74, 6) is 0. The number of hydrogen-bond acceptors (Lipinski definition) is 3. The van der Waals surface area contributed by atoms with Crippen molar-refractivity contribution in [2.45, 2.75) is 64.6 Å². The van der Waals surface area contributed by atoms with Crippen LogP contribution in [0, 0.1) is 5.41 Å². The predicted molar refractivity (Wildman–Crippen MR) is 71.0 cm³/mol. The fourth-order valence-corrected chi connectivity index (χ4v) is 3.45. The molecule has 2 aliphatic rings. The molecular formula is C14H28N2O. The minimum absolute atomic E-state index is 0.143. The summed E-state index contributed by atoms with van der Waals surface area (Å²) in [7, 11) is 0. The van der Waals surface area contributed by atoms with Gasteiger partial charge < -0.3 is 10.5 Å². The second-order valence-electron chi connectivity index (χ2n) is 6.51. The van der Waals surface area contributed by atoms with E-state index in [4.69, 9.17) is 10.5 Å². The number of morpholine rings is 1. The van der Waals surface area contributed by atoms with Gasteiger partial charge in [-0.1, -0.05) is 26.7 Å². The Morgan fingerprint density at radius 1 is 1.35 bits per heavy atom. The first-order valence-corrected chi connectivity index (χ1v) is 7.12. The third kappa shape index (κ3) is 3.01. The van der Waals surface area contributed by atoms with E-state index >= 15 is 0 Å². The van der Waals surface area contributed by atoms with Gasteiger partial charge >= 0.3 is 0 Å². The maximum Gasteiger partial charge on any atom is 0.0850 e. The van der Waals surface area contributed by atoms with Gasteiger partial charge in [0.25, 0.3) is 0 Å². The summed E-state index contributed by atoms with van der Waals surface area (Å²) < 4.78 is 5.76. The second-order valence-corrected chi connectivity index (χ2v) is 6.51. The average Bonchev–Trinajstić information content (AvgIpc) is 2.28. The van der Waals surface area contributed by atoms with Crippen molar-refractivity contribution in [1.29, 1.82) is 0 Å². The Hall–Kier alpha value is -0.120. The minimum Gasteiger partial charge on any atom is -0.374 e. The maximum absolute atomic E-state index is 5.97. The van der Waals surface area contributed by atoms with Crippen LogP contribution >= 0.6 is 0 Å². The molecule has 1 aliphatic heterocycles. The Labute approximate surface area is 106 Å². The number of rotatable bonds is 2. The van der Waals surface area contributed by atoms with Gasteiger partial charge in [0.05, 0.1) is 12.7 Å². The summed E-state index contributed by atoms with van der Waals surface area (Å²) >= 11 is 0. The lowest BCUT2D eigenvalue weighted by Gasteiger charge is -2.48. The molecule has 3 heteroatoms. The van der Waals surface area contributed by atoms with Crippen LogP contribution in [-0.4, -0.2) is 42.8 Å². The van der Waals surface area contributed by atoms with Crippen LogP contribution < -0.4 is 5.73 Å². The monoisotopic (exact) mass is 240 g/mol. The molecule has 0 spiro atoms. The summed E-state index contributed by atoms with van der Waals surface area (Å²) in [5.41, 5.74) is 6.43. The zero-order chi connectivity index (χ0) is 12.5. The van der Waals surface area contributed by atoms with Crippen LogP contribution in [0.5, 0.6) is 0 Å². The van der Waals surface area contributed by atoms with Gasteiger partial charge in [-0.3, -0.25) is 4.90 Å². The zero-order valence-electron chi connectivity index (χ0n) is 11.6. The zero-order valence-corrected chi connectivity index (χ0v) is 11.6. The van der Waals surface area contributed by atoms with E-state index in [1.807, 2.05) is 0 Å². The fraction of sp³-hybridized carbons (Fsp3) is 1.00. The second kappa shape index (κ2) is 5.25. The van der Waals surface area contributed by atoms with Gasteiger partial charge in [0, 0.05) is 25.2 Å². The molecule has 1 heterocycles. The van der Waals surface area contributed by atoms with Crippen LogP contribution in [0.15, 0.2) is 0 Å². The van der Waals surface area contributed by atoms with Gasteiger partial charge in [0.2, 0.25) is 0 Å². The fourth-order valence-electron chi connectivity index (χ4n) is 3.45. The largest absolute Gasteiger partial charge is 0.374 e. The van der Waals surface area contributed by atoms with Crippen LogP contribution in [-0.2, 0) is 4.74 Å². The van der Waals surface area contributed by atoms with E-state index in [2.05, 4.69) is 25.7 Å². The molecule has 1 saturated heterocycles. The summed E-state index contributed by atoms with van der Waals surface area (Å²) in [5, 5.41) is 0. The van der Waals surface area contributed by atoms with E-state index in [9.17, 15) is 0 Å². The molecule has 0 radical (unpaired) electrons. The van der Waals surface area contributed by atoms with Crippen molar-refractivity contribution in [3.63, 3.8) is 0 Å². The smallest absolute Gasteiger partial charge is 0.0850 e. The number of hydrogen-bond donors (Lipinski definition) is 1. The van der Waals surface area contributed by atoms with Crippen molar-refractivity contribution in [3.8, 4) is 0 Å². The topological polar surface area (TPSA) is 38.5 Å². The molecule has 2 rings (SSSR count). The highest BCUT2D eigenvalue weighted by Gasteiger charge is 2.38. The number of nitrogens with zero attached hydrogens (tertiary/aromatic N) is 1. The molecule has 0 amide bonds. The molecule has 3 nitrogen and oxygen atoms in total. The first-order chi connectivity index (χ1) is 8.00. The highest BCUT2D eigenvalue weighted by atomic mass is 16.5. The first kappa shape index (κ1) is 13.3. The highest BCUT2D eigenvalue weighted by molar-refractivity contribution is 4.92. The number of ether oxygens (including phenoxy) is 1. The van der Waals surface area contributed by atoms with Crippen LogP contribution in [0.3, 0.4) is 0 Å². The van der Waals surface area contributed by atoms with Gasteiger partial charge in [0.1, 0.15) is 0 Å². The summed E-state index contributed by atoms with van der Waals surface area (Å²) in [6.45, 7) is 9.85. The van der Waals surface area contributed by atoms with E-state index in [1.54, 1.807) is 0 Å². The average molecular weight is 240 g/mol. The van der Waals surface area contributed by atoms with E-state index in [-0.39, 0.29) is 12.1 Å². The normalized spacial score (nSPS) is 36.7. The molecule has 17 heavy (non-hydrogen) atoms. The Morgan fingerprint density at radius 2 is 2.12 bits per heavy atom. The van der Waals surface area contributed by atoms with E-state index in [1.165, 1.54) is 25.7 Å². The summed E-state index contributed by atoms with van der Waals surface area (Å²) in [6.07, 6.45) is 5.71. The van der Waals surface area contributed by atoms with Crippen molar-refractivity contribution in [1.82, 2.24) is 4.90 Å². The third-order valence-electron chi connectivity index (χ3n) is 4.60. The quantitative estimate of drug-likeness (QED) is 0.802. The maximum atomic E-state index is 5.97. The minimum atomic E-state index is 0.143. The standard InChI is InChI=1S/C14H28N2O/c1-11(15)12-10-16(8-9-17-12)13-6-4-5-7-14(13,2)3/h11-13H,4-10,15H2,1-3H3. The van der Waals surface area contributed by atoms with Gasteiger partial charge in [0.15, 0.2) is 0 Å². The van der Waals surface area contributed by atoms with Gasteiger partial charge in [-0.05, 0) is 25.2 Å². The summed E-state index contributed by atoms with van der Waals surface area (Å²) in [6, 6.07) is 0.867. The predicted octanol–water partition coefficient (Wildman–Crippen LogP) is 2.00. The Morgan fingerprint density at radius 3 is 2.76 bits per heavy atom. The molecule has 2 N–H and O–H groups in total. The molecule has 0 bridgehead atoms. The lowest BCUT2D eigenvalue weighted by molar-refractivity contribution is -0.0770. The molecule has 0 aromatic carbocycles. The van der Waals surface area contributed by atoms with Crippen LogP contribution in [0.4, 0.5) is 0 Å². The molecule has 1 aliphatic carbocycles. The van der Waals surface area contributed by atoms with Gasteiger partial charge in [-0.2, -0.15) is 0 Å². The first-order valence-electron chi connectivity index (χ1n) is 7.12. The van der Waals surface area contributed by atoms with E-state index < -0.39 is 0 Å². The van der Waals surface area contributed by atoms with Gasteiger partial charge in [-0.25, -0.2) is 0 Å². The van der Waals surface area contributed by atoms with E-state index in [0.29, 0.717) is 5.41 Å². The van der Waals surface area contributed by atoms with Crippen molar-refractivity contribution in [2.75, 3.05) is 19.7 Å². The van der Waals surface area contributed by atoms with Gasteiger partial charge in [-0.15, -0.1) is 0 Å². The summed E-state index contributed by atoms with van der Waals surface area (Å²) in [4.78, 5) is 2.64.